The number of sulfonamides is 1. The average Bonchev–Trinajstić information content (AvgIpc) is 3.17. The first-order valence-electron chi connectivity index (χ1n) is 12.1. The normalized spacial score (nSPS) is 11.6. The van der Waals surface area contributed by atoms with E-state index in [1.807, 2.05) is 19.9 Å². The maximum absolute atomic E-state index is 13.5. The first-order chi connectivity index (χ1) is 18.5. The Bertz CT molecular complexity index is 1660. The van der Waals surface area contributed by atoms with Gasteiger partial charge in [0.15, 0.2) is 0 Å². The van der Waals surface area contributed by atoms with Crippen molar-refractivity contribution in [3.63, 3.8) is 0 Å². The van der Waals surface area contributed by atoms with Gasteiger partial charge in [-0.1, -0.05) is 35.3 Å². The van der Waals surface area contributed by atoms with Gasteiger partial charge >= 0.3 is 0 Å². The van der Waals surface area contributed by atoms with Gasteiger partial charge < -0.3 is 4.57 Å². The van der Waals surface area contributed by atoms with Gasteiger partial charge in [-0.2, -0.15) is 5.10 Å². The molecule has 0 bridgehead atoms. The Kier molecular flexibility index (Phi) is 8.49. The molecule has 0 atom stereocenters. The Morgan fingerprint density at radius 3 is 2.31 bits per heavy atom. The van der Waals surface area contributed by atoms with E-state index in [1.54, 1.807) is 24.4 Å². The van der Waals surface area contributed by atoms with Crippen LogP contribution >= 0.6 is 23.2 Å². The number of benzene rings is 3. The van der Waals surface area contributed by atoms with Gasteiger partial charge in [0.1, 0.15) is 6.54 Å². The molecule has 202 valence electrons. The summed E-state index contributed by atoms with van der Waals surface area (Å²) in [6, 6.07) is 20.3. The number of anilines is 1. The van der Waals surface area contributed by atoms with E-state index in [9.17, 15) is 13.2 Å². The van der Waals surface area contributed by atoms with E-state index < -0.39 is 22.5 Å². The molecule has 0 aliphatic carbocycles. The second kappa shape index (κ2) is 11.7. The molecular weight excluding hydrogens is 555 g/mol. The second-order valence-electron chi connectivity index (χ2n) is 9.17. The average molecular weight is 584 g/mol. The number of nitrogens with one attached hydrogen (secondary N) is 1. The number of rotatable bonds is 8. The maximum Gasteiger partial charge on any atom is 0.264 e. The minimum Gasteiger partial charge on any atom is -0.318 e. The van der Waals surface area contributed by atoms with Crippen molar-refractivity contribution in [3.8, 4) is 5.69 Å². The van der Waals surface area contributed by atoms with Crippen molar-refractivity contribution < 1.29 is 13.2 Å². The molecule has 39 heavy (non-hydrogen) atoms. The highest BCUT2D eigenvalue weighted by Gasteiger charge is 2.27. The summed E-state index contributed by atoms with van der Waals surface area (Å²) in [6.07, 6.45) is 1.55. The Morgan fingerprint density at radius 1 is 0.923 bits per heavy atom. The number of hydrogen-bond acceptors (Lipinski definition) is 4. The van der Waals surface area contributed by atoms with Crippen LogP contribution in [0.4, 0.5) is 5.69 Å². The third-order valence-electron chi connectivity index (χ3n) is 6.40. The highest BCUT2D eigenvalue weighted by Crippen LogP contribution is 2.27. The van der Waals surface area contributed by atoms with Crippen LogP contribution in [0.2, 0.25) is 10.0 Å². The second-order valence-corrected chi connectivity index (χ2v) is 11.9. The van der Waals surface area contributed by atoms with Gasteiger partial charge in [-0.3, -0.25) is 9.10 Å². The van der Waals surface area contributed by atoms with E-state index in [0.29, 0.717) is 10.0 Å². The van der Waals surface area contributed by atoms with Crippen LogP contribution in [-0.4, -0.2) is 31.7 Å². The van der Waals surface area contributed by atoms with E-state index >= 15 is 0 Å². The summed E-state index contributed by atoms with van der Waals surface area (Å²) in [5.74, 6) is -0.619. The van der Waals surface area contributed by atoms with Crippen LogP contribution in [0.15, 0.2) is 82.8 Å². The smallest absolute Gasteiger partial charge is 0.264 e. The molecule has 10 heteroatoms. The lowest BCUT2D eigenvalue weighted by Gasteiger charge is -2.23. The Balaban J connectivity index is 1.56. The number of carbonyl (C=O) groups excluding carboxylic acids is 1. The number of halogens is 2. The van der Waals surface area contributed by atoms with Gasteiger partial charge in [0.2, 0.25) is 0 Å². The predicted octanol–water partition coefficient (Wildman–Crippen LogP) is 6.36. The van der Waals surface area contributed by atoms with Gasteiger partial charge in [-0.25, -0.2) is 13.8 Å². The fourth-order valence-electron chi connectivity index (χ4n) is 4.20. The first kappa shape index (κ1) is 28.4. The van der Waals surface area contributed by atoms with Crippen LogP contribution in [0.25, 0.3) is 5.69 Å². The van der Waals surface area contributed by atoms with Crippen molar-refractivity contribution in [1.82, 2.24) is 9.99 Å². The minimum absolute atomic E-state index is 0.0121. The zero-order valence-electron chi connectivity index (χ0n) is 21.9. The lowest BCUT2D eigenvalue weighted by molar-refractivity contribution is -0.119. The summed E-state index contributed by atoms with van der Waals surface area (Å²) in [5.41, 5.74) is 8.95. The molecule has 1 aromatic heterocycles. The lowest BCUT2D eigenvalue weighted by Crippen LogP contribution is -2.39. The summed E-state index contributed by atoms with van der Waals surface area (Å²) >= 11 is 12.1. The van der Waals surface area contributed by atoms with Crippen LogP contribution in [-0.2, 0) is 14.8 Å². The lowest BCUT2D eigenvalue weighted by atomic mass is 10.1. The number of aryl methyl sites for hydroxylation is 3. The van der Waals surface area contributed by atoms with Crippen molar-refractivity contribution in [2.75, 3.05) is 10.8 Å². The van der Waals surface area contributed by atoms with Gasteiger partial charge in [0.05, 0.1) is 16.8 Å². The molecule has 1 heterocycles. The monoisotopic (exact) mass is 582 g/mol. The van der Waals surface area contributed by atoms with Crippen molar-refractivity contribution in [2.45, 2.75) is 32.6 Å². The Hall–Kier alpha value is -3.59. The summed E-state index contributed by atoms with van der Waals surface area (Å²) in [7, 11) is -4.11. The number of aromatic nitrogens is 1. The van der Waals surface area contributed by atoms with Crippen LogP contribution < -0.4 is 9.73 Å². The summed E-state index contributed by atoms with van der Waals surface area (Å²) in [6.45, 7) is 7.62. The van der Waals surface area contributed by atoms with Gasteiger partial charge in [0.25, 0.3) is 15.9 Å². The van der Waals surface area contributed by atoms with Crippen molar-refractivity contribution in [2.24, 2.45) is 5.10 Å². The summed E-state index contributed by atoms with van der Waals surface area (Å²) in [5, 5.41) is 4.84. The summed E-state index contributed by atoms with van der Waals surface area (Å²) in [4.78, 5) is 12.9. The highest BCUT2D eigenvalue weighted by atomic mass is 35.5. The molecule has 4 rings (SSSR count). The Labute approximate surface area is 238 Å². The molecule has 4 aromatic rings. The molecule has 0 saturated heterocycles. The fourth-order valence-corrected chi connectivity index (χ4v) is 5.92. The Morgan fingerprint density at radius 2 is 1.64 bits per heavy atom. The number of carbonyl (C=O) groups is 1. The molecule has 3 aromatic carbocycles. The molecule has 7 nitrogen and oxygen atoms in total. The molecule has 1 N–H and O–H groups in total. The highest BCUT2D eigenvalue weighted by molar-refractivity contribution is 7.92. The van der Waals surface area contributed by atoms with Crippen molar-refractivity contribution in [1.29, 1.82) is 0 Å². The van der Waals surface area contributed by atoms with Crippen LogP contribution in [0, 0.1) is 27.7 Å². The molecule has 0 spiro atoms. The van der Waals surface area contributed by atoms with Crippen LogP contribution in [0.3, 0.4) is 0 Å². The third-order valence-corrected chi connectivity index (χ3v) is 8.67. The largest absolute Gasteiger partial charge is 0.318 e. The number of hydrazone groups is 1. The molecule has 0 saturated carbocycles. The quantitative estimate of drug-likeness (QED) is 0.194. The van der Waals surface area contributed by atoms with Crippen LogP contribution in [0.1, 0.15) is 28.1 Å². The van der Waals surface area contributed by atoms with Gasteiger partial charge in [-0.15, -0.1) is 0 Å². The zero-order chi connectivity index (χ0) is 28.3. The number of amides is 1. The molecule has 0 fully saturated rings. The standard InChI is InChI=1S/C29H28Cl2N4O3S/c1-19-8-11-27(14-20(19)2)35-21(3)15-23(22(35)4)17-32-33-29(36)18-34(26-7-5-6-25(31)16-26)39(37,38)28-12-9-24(30)10-13-28/h5-17H,18H2,1-4H3,(H,33,36)/b32-17-. The minimum atomic E-state index is -4.11. The zero-order valence-corrected chi connectivity index (χ0v) is 24.3. The topological polar surface area (TPSA) is 83.8 Å². The molecule has 0 aliphatic rings. The molecule has 0 aliphatic heterocycles. The van der Waals surface area contributed by atoms with E-state index in [4.69, 9.17) is 23.2 Å². The molecule has 0 unspecified atom stereocenters. The third kappa shape index (κ3) is 6.36. The van der Waals surface area contributed by atoms with Gasteiger partial charge in [-0.05, 0) is 99.5 Å². The summed E-state index contributed by atoms with van der Waals surface area (Å²) < 4.78 is 30.0. The van der Waals surface area contributed by atoms with Crippen molar-refractivity contribution >= 4 is 51.0 Å². The van der Waals surface area contributed by atoms with E-state index in [-0.39, 0.29) is 10.6 Å². The predicted molar refractivity (Wildman–Crippen MR) is 158 cm³/mol. The molecule has 1 amide bonds. The number of nitrogens with zero attached hydrogens (tertiary/aromatic N) is 3. The molecular formula is C29H28Cl2N4O3S. The fraction of sp³-hybridized carbons (Fsp3) is 0.172. The van der Waals surface area contributed by atoms with E-state index in [0.717, 1.165) is 26.9 Å². The van der Waals surface area contributed by atoms with Crippen LogP contribution in [0.5, 0.6) is 0 Å². The van der Waals surface area contributed by atoms with Gasteiger partial charge in [0, 0.05) is 32.7 Å². The first-order valence-corrected chi connectivity index (χ1v) is 14.3. The van der Waals surface area contributed by atoms with E-state index in [1.165, 1.54) is 41.5 Å². The number of hydrogen-bond donors (Lipinski definition) is 1. The van der Waals surface area contributed by atoms with Crippen molar-refractivity contribution in [3.05, 3.63) is 111 Å². The maximum atomic E-state index is 13.5. The molecule has 0 radical (unpaired) electrons. The SMILES string of the molecule is Cc1ccc(-n2c(C)cc(/C=N\NC(=O)CN(c3cccc(Cl)c3)S(=O)(=O)c3ccc(Cl)cc3)c2C)cc1C. The van der Waals surface area contributed by atoms with E-state index in [2.05, 4.69) is 47.1 Å².